The summed E-state index contributed by atoms with van der Waals surface area (Å²) in [4.78, 5) is 1.88. The molecule has 5 nitrogen and oxygen atoms in total. The molecule has 5 heteroatoms. The molecule has 0 atom stereocenters. The molecule has 0 amide bonds. The van der Waals surface area contributed by atoms with Crippen molar-refractivity contribution in [2.45, 2.75) is 0 Å². The van der Waals surface area contributed by atoms with Crippen molar-refractivity contribution >= 4 is 5.69 Å². The lowest BCUT2D eigenvalue weighted by atomic mass is 10.2. The van der Waals surface area contributed by atoms with Crippen LogP contribution in [0.25, 0.3) is 0 Å². The number of nitrogens with two attached hydrogens (primary N) is 1. The first-order chi connectivity index (χ1) is 7.67. The van der Waals surface area contributed by atoms with Crippen molar-refractivity contribution in [3.63, 3.8) is 0 Å². The van der Waals surface area contributed by atoms with Gasteiger partial charge in [0, 0.05) is 24.9 Å². The van der Waals surface area contributed by atoms with E-state index in [0.29, 0.717) is 23.9 Å². The predicted molar refractivity (Wildman–Crippen MR) is 63.6 cm³/mol. The fourth-order valence-electron chi connectivity index (χ4n) is 1.39. The zero-order chi connectivity index (χ0) is 12.1. The maximum absolute atomic E-state index is 5.57. The molecule has 0 aliphatic heterocycles. The Balaban J connectivity index is 3.25. The van der Waals surface area contributed by atoms with Crippen LogP contribution in [-0.2, 0) is 0 Å². The van der Waals surface area contributed by atoms with Crippen LogP contribution in [0.2, 0.25) is 0 Å². The summed E-state index contributed by atoms with van der Waals surface area (Å²) in [5, 5.41) is 0. The van der Waals surface area contributed by atoms with Gasteiger partial charge in [0.05, 0.1) is 28.0 Å². The van der Waals surface area contributed by atoms with Gasteiger partial charge >= 0.3 is 0 Å². The lowest BCUT2D eigenvalue weighted by Crippen LogP contribution is -2.25. The van der Waals surface area contributed by atoms with Crippen LogP contribution >= 0.6 is 0 Å². The van der Waals surface area contributed by atoms with Gasteiger partial charge in [0.2, 0.25) is 5.75 Å². The van der Waals surface area contributed by atoms with Gasteiger partial charge in [-0.25, -0.2) is 0 Å². The molecule has 0 spiro atoms. The van der Waals surface area contributed by atoms with Gasteiger partial charge in [0.1, 0.15) is 0 Å². The fourth-order valence-corrected chi connectivity index (χ4v) is 1.39. The minimum Gasteiger partial charge on any atom is -0.493 e. The van der Waals surface area contributed by atoms with E-state index in [9.17, 15) is 0 Å². The maximum atomic E-state index is 5.57. The van der Waals surface area contributed by atoms with Gasteiger partial charge in [-0.3, -0.25) is 0 Å². The molecule has 0 aromatic heterocycles. The number of hydrogen-bond acceptors (Lipinski definition) is 5. The summed E-state index contributed by atoms with van der Waals surface area (Å²) in [6.45, 7) is 0.415. The van der Waals surface area contributed by atoms with Gasteiger partial charge in [0.15, 0.2) is 11.5 Å². The third kappa shape index (κ3) is 2.30. The van der Waals surface area contributed by atoms with E-state index in [1.807, 2.05) is 24.1 Å². The summed E-state index contributed by atoms with van der Waals surface area (Å²) < 4.78 is 15.7. The maximum Gasteiger partial charge on any atom is 0.203 e. The van der Waals surface area contributed by atoms with Crippen molar-refractivity contribution in [2.75, 3.05) is 39.9 Å². The van der Waals surface area contributed by atoms with Crippen LogP contribution in [-0.4, -0.2) is 35.0 Å². The number of ether oxygens (including phenoxy) is 3. The molecule has 1 rings (SSSR count). The molecular formula is C11H18N2O3. The van der Waals surface area contributed by atoms with Crippen LogP contribution in [0.5, 0.6) is 17.2 Å². The predicted octanol–water partition coefficient (Wildman–Crippen LogP) is 1.06. The molecule has 0 heterocycles. The highest BCUT2D eigenvalue weighted by molar-refractivity contribution is 5.63. The average molecular weight is 226 g/mol. The number of nitrogens with zero attached hydrogens (tertiary/aromatic N) is 1. The van der Waals surface area contributed by atoms with Gasteiger partial charge in [-0.15, -0.1) is 0 Å². The Morgan fingerprint density at radius 3 is 1.88 bits per heavy atom. The molecule has 0 unspecified atom stereocenters. The van der Waals surface area contributed by atoms with Crippen molar-refractivity contribution in [3.05, 3.63) is 12.1 Å². The van der Waals surface area contributed by atoms with E-state index in [4.69, 9.17) is 19.9 Å². The Bertz CT molecular complexity index is 330. The standard InChI is InChI=1S/C11H18N2O3/c1-13(7-12)8-5-9(14-2)11(16-4)10(6-8)15-3/h5-6H,7,12H2,1-4H3. The summed E-state index contributed by atoms with van der Waals surface area (Å²) in [5.74, 6) is 1.83. The molecule has 0 aliphatic rings. The van der Waals surface area contributed by atoms with Crippen molar-refractivity contribution in [1.29, 1.82) is 0 Å². The molecule has 0 saturated heterocycles. The van der Waals surface area contributed by atoms with E-state index in [2.05, 4.69) is 0 Å². The highest BCUT2D eigenvalue weighted by Crippen LogP contribution is 2.40. The van der Waals surface area contributed by atoms with Crippen LogP contribution in [0.15, 0.2) is 12.1 Å². The monoisotopic (exact) mass is 226 g/mol. The summed E-state index contributed by atoms with van der Waals surface area (Å²) in [5.41, 5.74) is 6.48. The topological polar surface area (TPSA) is 57.0 Å². The molecule has 1 aromatic rings. The average Bonchev–Trinajstić information content (AvgIpc) is 2.35. The summed E-state index contributed by atoms with van der Waals surface area (Å²) in [7, 11) is 6.64. The number of hydrogen-bond donors (Lipinski definition) is 1. The van der Waals surface area contributed by atoms with E-state index < -0.39 is 0 Å². The Morgan fingerprint density at radius 2 is 1.56 bits per heavy atom. The zero-order valence-electron chi connectivity index (χ0n) is 10.1. The second kappa shape index (κ2) is 5.46. The summed E-state index contributed by atoms with van der Waals surface area (Å²) in [6, 6.07) is 3.71. The van der Waals surface area contributed by atoms with Gasteiger partial charge in [0.25, 0.3) is 0 Å². The van der Waals surface area contributed by atoms with Gasteiger partial charge < -0.3 is 24.8 Å². The fraction of sp³-hybridized carbons (Fsp3) is 0.455. The molecule has 1 aromatic carbocycles. The van der Waals surface area contributed by atoms with Crippen molar-refractivity contribution in [2.24, 2.45) is 5.73 Å². The highest BCUT2D eigenvalue weighted by Gasteiger charge is 2.14. The lowest BCUT2D eigenvalue weighted by molar-refractivity contribution is 0.324. The number of anilines is 1. The quantitative estimate of drug-likeness (QED) is 0.761. The van der Waals surface area contributed by atoms with E-state index >= 15 is 0 Å². The van der Waals surface area contributed by atoms with Crippen LogP contribution < -0.4 is 24.8 Å². The third-order valence-electron chi connectivity index (χ3n) is 2.36. The minimum atomic E-state index is 0.415. The second-order valence-corrected chi connectivity index (χ2v) is 3.26. The Kier molecular flexibility index (Phi) is 4.25. The van der Waals surface area contributed by atoms with Crippen LogP contribution in [0.4, 0.5) is 5.69 Å². The molecule has 0 saturated carbocycles. The Labute approximate surface area is 95.7 Å². The molecule has 0 fully saturated rings. The van der Waals surface area contributed by atoms with Crippen molar-refractivity contribution in [3.8, 4) is 17.2 Å². The SMILES string of the molecule is COc1cc(N(C)CN)cc(OC)c1OC. The first-order valence-corrected chi connectivity index (χ1v) is 4.89. The third-order valence-corrected chi connectivity index (χ3v) is 2.36. The van der Waals surface area contributed by atoms with Crippen molar-refractivity contribution in [1.82, 2.24) is 0 Å². The second-order valence-electron chi connectivity index (χ2n) is 3.26. The largest absolute Gasteiger partial charge is 0.493 e. The lowest BCUT2D eigenvalue weighted by Gasteiger charge is -2.20. The first-order valence-electron chi connectivity index (χ1n) is 4.89. The molecule has 0 aliphatic carbocycles. The molecule has 16 heavy (non-hydrogen) atoms. The highest BCUT2D eigenvalue weighted by atomic mass is 16.5. The molecule has 0 radical (unpaired) electrons. The molecular weight excluding hydrogens is 208 g/mol. The van der Waals surface area contributed by atoms with Gasteiger partial charge in [-0.05, 0) is 0 Å². The smallest absolute Gasteiger partial charge is 0.203 e. The van der Waals surface area contributed by atoms with E-state index in [1.165, 1.54) is 0 Å². The number of rotatable bonds is 5. The Morgan fingerprint density at radius 1 is 1.06 bits per heavy atom. The number of benzene rings is 1. The molecule has 0 bridgehead atoms. The van der Waals surface area contributed by atoms with E-state index in [1.54, 1.807) is 21.3 Å². The normalized spacial score (nSPS) is 9.81. The van der Waals surface area contributed by atoms with Gasteiger partial charge in [-0.1, -0.05) is 0 Å². The van der Waals surface area contributed by atoms with Gasteiger partial charge in [-0.2, -0.15) is 0 Å². The van der Waals surface area contributed by atoms with Crippen LogP contribution in [0.1, 0.15) is 0 Å². The van der Waals surface area contributed by atoms with E-state index in [0.717, 1.165) is 5.69 Å². The first kappa shape index (κ1) is 12.4. The summed E-state index contributed by atoms with van der Waals surface area (Å²) in [6.07, 6.45) is 0. The molecule has 90 valence electrons. The number of methoxy groups -OCH3 is 3. The van der Waals surface area contributed by atoms with Crippen LogP contribution in [0, 0.1) is 0 Å². The Hall–Kier alpha value is -1.62. The summed E-state index contributed by atoms with van der Waals surface area (Å²) >= 11 is 0. The zero-order valence-corrected chi connectivity index (χ0v) is 10.1. The molecule has 2 N–H and O–H groups in total. The van der Waals surface area contributed by atoms with Crippen molar-refractivity contribution < 1.29 is 14.2 Å². The van der Waals surface area contributed by atoms with E-state index in [-0.39, 0.29) is 0 Å². The van der Waals surface area contributed by atoms with Crippen LogP contribution in [0.3, 0.4) is 0 Å². The minimum absolute atomic E-state index is 0.415.